The summed E-state index contributed by atoms with van der Waals surface area (Å²) in [6, 6.07) is 7.56. The Morgan fingerprint density at radius 2 is 2.10 bits per heavy atom. The van der Waals surface area contributed by atoms with Crippen molar-refractivity contribution in [2.24, 2.45) is 0 Å². The van der Waals surface area contributed by atoms with Gasteiger partial charge in [0, 0.05) is 14.9 Å². The summed E-state index contributed by atoms with van der Waals surface area (Å²) in [5.74, 6) is -1.48. The number of hydrogen-bond donors (Lipinski definition) is 2. The van der Waals surface area contributed by atoms with E-state index in [-0.39, 0.29) is 0 Å². The molecule has 0 fully saturated rings. The Balaban J connectivity index is 2.20. The fraction of sp³-hybridized carbons (Fsp3) is 0.143. The molecular weight excluding hydrogens is 342 g/mol. The highest BCUT2D eigenvalue weighted by atomic mass is 79.9. The second-order valence-electron chi connectivity index (χ2n) is 4.22. The molecule has 4 nitrogen and oxygen atoms in total. The third-order valence-corrected chi connectivity index (χ3v) is 4.60. The van der Waals surface area contributed by atoms with Crippen LogP contribution in [0.1, 0.15) is 26.8 Å². The lowest BCUT2D eigenvalue weighted by Crippen LogP contribution is -2.33. The Morgan fingerprint density at radius 1 is 1.35 bits per heavy atom. The van der Waals surface area contributed by atoms with Crippen molar-refractivity contribution in [1.29, 1.82) is 0 Å². The van der Waals surface area contributed by atoms with Crippen LogP contribution in [0.25, 0.3) is 0 Å². The number of aryl methyl sites for hydroxylation is 1. The van der Waals surface area contributed by atoms with Gasteiger partial charge >= 0.3 is 5.97 Å². The third-order valence-electron chi connectivity index (χ3n) is 2.77. The largest absolute Gasteiger partial charge is 0.479 e. The average Bonchev–Trinajstić information content (AvgIpc) is 2.92. The van der Waals surface area contributed by atoms with Crippen LogP contribution in [-0.2, 0) is 4.79 Å². The van der Waals surface area contributed by atoms with Gasteiger partial charge in [-0.05, 0) is 42.1 Å². The fourth-order valence-corrected chi connectivity index (χ4v) is 2.72. The van der Waals surface area contributed by atoms with Crippen molar-refractivity contribution in [2.45, 2.75) is 13.0 Å². The number of carbonyl (C=O) groups is 2. The van der Waals surface area contributed by atoms with Crippen LogP contribution in [-0.4, -0.2) is 17.0 Å². The molecule has 0 aliphatic carbocycles. The van der Waals surface area contributed by atoms with Crippen molar-refractivity contribution in [2.75, 3.05) is 0 Å². The zero-order valence-electron chi connectivity index (χ0n) is 10.6. The maximum Gasteiger partial charge on any atom is 0.331 e. The lowest BCUT2D eigenvalue weighted by Gasteiger charge is -2.13. The Kier molecular flexibility index (Phi) is 4.57. The topological polar surface area (TPSA) is 66.4 Å². The van der Waals surface area contributed by atoms with Crippen LogP contribution < -0.4 is 5.32 Å². The molecule has 0 saturated carbocycles. The van der Waals surface area contributed by atoms with Gasteiger partial charge in [-0.25, -0.2) is 4.79 Å². The van der Waals surface area contributed by atoms with Gasteiger partial charge in [0.05, 0.1) is 0 Å². The summed E-state index contributed by atoms with van der Waals surface area (Å²) in [5, 5.41) is 13.5. The highest BCUT2D eigenvalue weighted by Crippen LogP contribution is 2.21. The Labute approximate surface area is 128 Å². The first kappa shape index (κ1) is 14.7. The first-order chi connectivity index (χ1) is 9.49. The van der Waals surface area contributed by atoms with E-state index in [2.05, 4.69) is 21.2 Å². The van der Waals surface area contributed by atoms with Crippen molar-refractivity contribution in [3.63, 3.8) is 0 Å². The van der Waals surface area contributed by atoms with E-state index in [0.717, 1.165) is 10.0 Å². The number of hydrogen-bond acceptors (Lipinski definition) is 3. The smallest absolute Gasteiger partial charge is 0.331 e. The van der Waals surface area contributed by atoms with Crippen LogP contribution in [0, 0.1) is 6.92 Å². The van der Waals surface area contributed by atoms with E-state index in [1.54, 1.807) is 35.7 Å². The van der Waals surface area contributed by atoms with Gasteiger partial charge in [0.15, 0.2) is 6.04 Å². The molecule has 0 bridgehead atoms. The minimum Gasteiger partial charge on any atom is -0.479 e. The third kappa shape index (κ3) is 3.26. The van der Waals surface area contributed by atoms with Crippen LogP contribution in [0.2, 0.25) is 0 Å². The van der Waals surface area contributed by atoms with E-state index in [0.29, 0.717) is 10.4 Å². The van der Waals surface area contributed by atoms with Crippen LogP contribution in [0.3, 0.4) is 0 Å². The first-order valence-corrected chi connectivity index (χ1v) is 7.49. The molecule has 104 valence electrons. The second-order valence-corrected chi connectivity index (χ2v) is 6.06. The number of benzene rings is 1. The number of rotatable bonds is 4. The molecule has 0 radical (unpaired) electrons. The van der Waals surface area contributed by atoms with Gasteiger partial charge in [0.1, 0.15) is 0 Å². The molecule has 1 amide bonds. The van der Waals surface area contributed by atoms with Crippen LogP contribution in [0.5, 0.6) is 0 Å². The van der Waals surface area contributed by atoms with Gasteiger partial charge in [0.2, 0.25) is 0 Å². The molecule has 1 heterocycles. The highest BCUT2D eigenvalue weighted by molar-refractivity contribution is 9.10. The Morgan fingerprint density at radius 3 is 2.65 bits per heavy atom. The quantitative estimate of drug-likeness (QED) is 0.885. The van der Waals surface area contributed by atoms with E-state index in [1.807, 2.05) is 6.92 Å². The maximum atomic E-state index is 12.1. The van der Waals surface area contributed by atoms with Crippen LogP contribution in [0.4, 0.5) is 0 Å². The van der Waals surface area contributed by atoms with E-state index in [4.69, 9.17) is 0 Å². The SMILES string of the molecule is Cc1cc(C(=O)NC(C(=O)O)c2cccs2)ccc1Br. The van der Waals surface area contributed by atoms with Crippen molar-refractivity contribution in [3.05, 3.63) is 56.2 Å². The molecule has 1 atom stereocenters. The average molecular weight is 354 g/mol. The van der Waals surface area contributed by atoms with Gasteiger partial charge in [0.25, 0.3) is 5.91 Å². The molecule has 0 aliphatic heterocycles. The minimum absolute atomic E-state index is 0.401. The van der Waals surface area contributed by atoms with Crippen molar-refractivity contribution < 1.29 is 14.7 Å². The van der Waals surface area contributed by atoms with Crippen molar-refractivity contribution >= 4 is 39.1 Å². The summed E-state index contributed by atoms with van der Waals surface area (Å²) in [5.41, 5.74) is 1.36. The molecule has 6 heteroatoms. The lowest BCUT2D eigenvalue weighted by molar-refractivity contribution is -0.139. The van der Waals surface area contributed by atoms with Crippen LogP contribution in [0.15, 0.2) is 40.2 Å². The number of carboxylic acids is 1. The molecule has 0 aliphatic rings. The van der Waals surface area contributed by atoms with E-state index < -0.39 is 17.9 Å². The molecule has 2 aromatic rings. The second kappa shape index (κ2) is 6.19. The van der Waals surface area contributed by atoms with E-state index >= 15 is 0 Å². The molecule has 0 spiro atoms. The van der Waals surface area contributed by atoms with Gasteiger partial charge in [-0.2, -0.15) is 0 Å². The predicted octanol–water partition coefficient (Wildman–Crippen LogP) is 3.37. The number of halogens is 1. The molecule has 1 aromatic carbocycles. The van der Waals surface area contributed by atoms with E-state index in [1.165, 1.54) is 11.3 Å². The molecular formula is C14H12BrNO3S. The molecule has 0 saturated heterocycles. The minimum atomic E-state index is -1.07. The highest BCUT2D eigenvalue weighted by Gasteiger charge is 2.23. The number of carboxylic acid groups (broad SMARTS) is 1. The number of nitrogens with one attached hydrogen (secondary N) is 1. The van der Waals surface area contributed by atoms with Crippen molar-refractivity contribution in [1.82, 2.24) is 5.32 Å². The zero-order chi connectivity index (χ0) is 14.7. The summed E-state index contributed by atoms with van der Waals surface area (Å²) < 4.78 is 0.905. The molecule has 20 heavy (non-hydrogen) atoms. The van der Waals surface area contributed by atoms with Crippen LogP contribution >= 0.6 is 27.3 Å². The fourth-order valence-electron chi connectivity index (χ4n) is 1.71. The summed E-state index contributed by atoms with van der Waals surface area (Å²) in [6.45, 7) is 1.87. The van der Waals surface area contributed by atoms with Gasteiger partial charge in [-0.3, -0.25) is 4.79 Å². The van der Waals surface area contributed by atoms with Gasteiger partial charge in [-0.1, -0.05) is 22.0 Å². The zero-order valence-corrected chi connectivity index (χ0v) is 13.0. The number of amides is 1. The predicted molar refractivity (Wildman–Crippen MR) is 81.0 cm³/mol. The standard InChI is InChI=1S/C14H12BrNO3S/c1-8-7-9(4-5-10(8)15)13(17)16-12(14(18)19)11-3-2-6-20-11/h2-7,12H,1H3,(H,16,17)(H,18,19). The van der Waals surface area contributed by atoms with Gasteiger partial charge in [-0.15, -0.1) is 11.3 Å². The normalized spacial score (nSPS) is 11.9. The molecule has 2 N–H and O–H groups in total. The maximum absolute atomic E-state index is 12.1. The number of aliphatic carboxylic acids is 1. The summed E-state index contributed by atoms with van der Waals surface area (Å²) in [4.78, 5) is 24.0. The first-order valence-electron chi connectivity index (χ1n) is 5.82. The Bertz CT molecular complexity index is 640. The number of thiophene rings is 1. The number of carbonyl (C=O) groups excluding carboxylic acids is 1. The lowest BCUT2D eigenvalue weighted by atomic mass is 10.1. The summed E-state index contributed by atoms with van der Waals surface area (Å²) in [7, 11) is 0. The van der Waals surface area contributed by atoms with E-state index in [9.17, 15) is 14.7 Å². The summed E-state index contributed by atoms with van der Waals surface area (Å²) in [6.07, 6.45) is 0. The molecule has 2 rings (SSSR count). The van der Waals surface area contributed by atoms with Gasteiger partial charge < -0.3 is 10.4 Å². The van der Waals surface area contributed by atoms with Crippen molar-refractivity contribution in [3.8, 4) is 0 Å². The monoisotopic (exact) mass is 353 g/mol. The molecule has 1 aromatic heterocycles. The molecule has 1 unspecified atom stereocenters. The Hall–Kier alpha value is -1.66. The summed E-state index contributed by atoms with van der Waals surface area (Å²) >= 11 is 4.66.